The van der Waals surface area contributed by atoms with Crippen LogP contribution >= 0.6 is 0 Å². The van der Waals surface area contributed by atoms with Crippen LogP contribution in [0.3, 0.4) is 0 Å². The molecule has 0 saturated carbocycles. The number of hydrogen-bond donors (Lipinski definition) is 0. The minimum atomic E-state index is 0.819. The molecule has 0 bridgehead atoms. The van der Waals surface area contributed by atoms with Gasteiger partial charge in [0.2, 0.25) is 0 Å². The van der Waals surface area contributed by atoms with Crippen LogP contribution in [0.1, 0.15) is 37.0 Å². The van der Waals surface area contributed by atoms with E-state index in [2.05, 4.69) is 193 Å². The van der Waals surface area contributed by atoms with Crippen LogP contribution in [-0.4, -0.2) is 4.57 Å². The summed E-state index contributed by atoms with van der Waals surface area (Å²) in [6.45, 7) is 4.00. The van der Waals surface area contributed by atoms with Crippen molar-refractivity contribution in [3.8, 4) is 5.69 Å². The summed E-state index contributed by atoms with van der Waals surface area (Å²) in [6, 6.07) is 61.9. The first-order chi connectivity index (χ1) is 25.8. The fraction of sp³-hybridized carbons (Fsp3) is 0.0588. The topological polar surface area (TPSA) is 4.93 Å². The molecule has 0 radical (unpaired) electrons. The van der Waals surface area contributed by atoms with E-state index < -0.39 is 0 Å². The molecule has 0 saturated heterocycles. The predicted molar refractivity (Wildman–Crippen MR) is 226 cm³/mol. The third-order valence-corrected chi connectivity index (χ3v) is 10.4. The van der Waals surface area contributed by atoms with Gasteiger partial charge in [-0.15, -0.1) is 0 Å². The smallest absolute Gasteiger partial charge is 0.0626 e. The predicted octanol–water partition coefficient (Wildman–Crippen LogP) is 14.2. The largest absolute Gasteiger partial charge is 0.308 e. The highest BCUT2D eigenvalue weighted by Gasteiger charge is 2.21. The first-order valence-electron chi connectivity index (χ1n) is 18.4. The van der Waals surface area contributed by atoms with Crippen LogP contribution < -0.4 is 0 Å². The summed E-state index contributed by atoms with van der Waals surface area (Å²) < 4.78 is 2.54. The number of rotatable bonds is 4. The maximum atomic E-state index is 2.54. The van der Waals surface area contributed by atoms with Gasteiger partial charge in [0.15, 0.2) is 0 Å². The van der Waals surface area contributed by atoms with Gasteiger partial charge in [-0.3, -0.25) is 0 Å². The van der Waals surface area contributed by atoms with Crippen molar-refractivity contribution in [1.29, 1.82) is 0 Å². The maximum Gasteiger partial charge on any atom is 0.0626 e. The van der Waals surface area contributed by atoms with Gasteiger partial charge < -0.3 is 4.57 Å². The molecule has 0 unspecified atom stereocenters. The van der Waals surface area contributed by atoms with Crippen molar-refractivity contribution in [3.63, 3.8) is 0 Å². The van der Waals surface area contributed by atoms with Crippen LogP contribution in [0.5, 0.6) is 0 Å². The quantitative estimate of drug-likeness (QED) is 0.165. The first-order valence-corrected chi connectivity index (χ1v) is 18.4. The zero-order valence-electron chi connectivity index (χ0n) is 29.6. The molecule has 10 rings (SSSR count). The van der Waals surface area contributed by atoms with Gasteiger partial charge in [-0.1, -0.05) is 184 Å². The number of nitrogens with zero attached hydrogens (tertiary/aromatic N) is 1. The molecule has 0 atom stereocenters. The second-order valence-electron chi connectivity index (χ2n) is 13.2. The van der Waals surface area contributed by atoms with Gasteiger partial charge in [0.25, 0.3) is 0 Å². The summed E-state index contributed by atoms with van der Waals surface area (Å²) in [5.41, 5.74) is 11.1. The van der Waals surface area contributed by atoms with E-state index in [1.54, 1.807) is 0 Å². The lowest BCUT2D eigenvalue weighted by Gasteiger charge is -2.18. The van der Waals surface area contributed by atoms with Crippen molar-refractivity contribution in [3.05, 3.63) is 205 Å². The van der Waals surface area contributed by atoms with Crippen molar-refractivity contribution in [2.45, 2.75) is 20.3 Å². The van der Waals surface area contributed by atoms with Crippen LogP contribution in [0.25, 0.3) is 76.5 Å². The van der Waals surface area contributed by atoms with Gasteiger partial charge in [0, 0.05) is 21.7 Å². The van der Waals surface area contributed by atoms with E-state index in [1.807, 2.05) is 13.8 Å². The van der Waals surface area contributed by atoms with Gasteiger partial charge >= 0.3 is 0 Å². The maximum absolute atomic E-state index is 2.54. The highest BCUT2D eigenvalue weighted by Crippen LogP contribution is 2.44. The molecular formula is C51H39N. The fourth-order valence-corrected chi connectivity index (χ4v) is 8.19. The Morgan fingerprint density at radius 1 is 0.404 bits per heavy atom. The Morgan fingerprint density at radius 3 is 1.60 bits per heavy atom. The van der Waals surface area contributed by atoms with E-state index in [4.69, 9.17) is 0 Å². The molecule has 8 aromatic carbocycles. The highest BCUT2D eigenvalue weighted by atomic mass is 15.0. The van der Waals surface area contributed by atoms with E-state index in [0.29, 0.717) is 0 Å². The minimum Gasteiger partial charge on any atom is -0.308 e. The number of allylic oxidation sites excluding steroid dienone is 6. The molecule has 248 valence electrons. The zero-order chi connectivity index (χ0) is 35.0. The molecule has 1 aliphatic rings. The van der Waals surface area contributed by atoms with Gasteiger partial charge in [-0.05, 0) is 79.4 Å². The monoisotopic (exact) mass is 665 g/mol. The van der Waals surface area contributed by atoms with Crippen molar-refractivity contribution in [1.82, 2.24) is 4.57 Å². The summed E-state index contributed by atoms with van der Waals surface area (Å²) in [7, 11) is 0. The highest BCUT2D eigenvalue weighted by molar-refractivity contribution is 6.33. The fourth-order valence-electron chi connectivity index (χ4n) is 8.19. The zero-order valence-corrected chi connectivity index (χ0v) is 29.6. The normalized spacial score (nSPS) is 13.1. The Labute approximate surface area is 305 Å². The summed E-state index contributed by atoms with van der Waals surface area (Å²) in [6.07, 6.45) is 7.98. The van der Waals surface area contributed by atoms with Gasteiger partial charge in [-0.25, -0.2) is 0 Å². The van der Waals surface area contributed by atoms with Gasteiger partial charge in [-0.2, -0.15) is 0 Å². The molecule has 1 aliphatic carbocycles. The summed E-state index contributed by atoms with van der Waals surface area (Å²) in [5.74, 6) is 0. The SMILES string of the molecule is C1=C(c2ccccc2)C=C(c2ccccc2)C=C(c2ccccc2-n2c3ccccc3c3ccc4c5ccccc5c5ccccc5c4c32)C1.CC. The minimum absolute atomic E-state index is 0.819. The Hall–Kier alpha value is -6.44. The lowest BCUT2D eigenvalue weighted by molar-refractivity contribution is 1.17. The molecular weight excluding hydrogens is 627 g/mol. The summed E-state index contributed by atoms with van der Waals surface area (Å²) in [4.78, 5) is 0. The second-order valence-corrected chi connectivity index (χ2v) is 13.2. The lowest BCUT2D eigenvalue weighted by atomic mass is 9.92. The molecule has 0 spiro atoms. The molecule has 0 fully saturated rings. The first kappa shape index (κ1) is 31.5. The van der Waals surface area contributed by atoms with Crippen LogP contribution in [0.15, 0.2) is 188 Å². The van der Waals surface area contributed by atoms with Crippen LogP contribution in [0.2, 0.25) is 0 Å². The van der Waals surface area contributed by atoms with E-state index in [9.17, 15) is 0 Å². The molecule has 1 aromatic heterocycles. The van der Waals surface area contributed by atoms with Crippen molar-refractivity contribution in [2.75, 3.05) is 0 Å². The Morgan fingerprint density at radius 2 is 0.904 bits per heavy atom. The number of para-hydroxylation sites is 2. The molecule has 1 heteroatoms. The van der Waals surface area contributed by atoms with Gasteiger partial charge in [0.05, 0.1) is 16.7 Å². The van der Waals surface area contributed by atoms with E-state index in [1.165, 1.54) is 93.2 Å². The Bertz CT molecular complexity index is 2830. The average Bonchev–Trinajstić information content (AvgIpc) is 3.40. The Balaban J connectivity index is 0.00000177. The number of aromatic nitrogens is 1. The average molecular weight is 666 g/mol. The van der Waals surface area contributed by atoms with E-state index in [0.717, 1.165) is 6.42 Å². The van der Waals surface area contributed by atoms with E-state index in [-0.39, 0.29) is 0 Å². The van der Waals surface area contributed by atoms with Crippen molar-refractivity contribution >= 4 is 70.8 Å². The third-order valence-electron chi connectivity index (χ3n) is 10.4. The number of benzene rings is 8. The molecule has 52 heavy (non-hydrogen) atoms. The standard InChI is InChI=1S/C49H33N.C2H6/c1-3-15-33(16-4-1)35-27-28-36(32-37(31-35)34-17-5-2-6-18-34)38-19-11-13-25-46(38)50-47-26-14-12-23-42(47)45-30-29-44-41-22-8-7-20-39(41)40-21-9-10-24-43(40)48(44)49(45)50;1-2/h1-27,29-32H,28H2;1-2H3. The van der Waals surface area contributed by atoms with Crippen molar-refractivity contribution in [2.24, 2.45) is 0 Å². The van der Waals surface area contributed by atoms with Gasteiger partial charge in [0.1, 0.15) is 0 Å². The van der Waals surface area contributed by atoms with Crippen molar-refractivity contribution < 1.29 is 0 Å². The molecule has 9 aromatic rings. The Kier molecular flexibility index (Phi) is 8.10. The van der Waals surface area contributed by atoms with Crippen LogP contribution in [0, 0.1) is 0 Å². The molecule has 0 aliphatic heterocycles. The van der Waals surface area contributed by atoms with Crippen LogP contribution in [0.4, 0.5) is 0 Å². The summed E-state index contributed by atoms with van der Waals surface area (Å²) in [5, 5.41) is 10.3. The molecule has 0 N–H and O–H groups in total. The third kappa shape index (κ3) is 5.17. The molecule has 1 heterocycles. The number of fused-ring (bicyclic) bond motifs is 10. The lowest BCUT2D eigenvalue weighted by Crippen LogP contribution is -2.00. The number of hydrogen-bond acceptors (Lipinski definition) is 0. The summed E-state index contributed by atoms with van der Waals surface area (Å²) >= 11 is 0. The molecule has 1 nitrogen and oxygen atoms in total. The molecule has 0 amide bonds. The van der Waals surface area contributed by atoms with E-state index >= 15 is 0 Å². The van der Waals surface area contributed by atoms with Crippen LogP contribution in [-0.2, 0) is 0 Å². The second kappa shape index (κ2) is 13.4.